The first-order valence-electron chi connectivity index (χ1n) is 5.77. The van der Waals surface area contributed by atoms with E-state index in [1.165, 1.54) is 18.2 Å². The number of benzene rings is 2. The maximum Gasteiger partial charge on any atom is 0.337 e. The number of nitrogens with one attached hydrogen (secondary N) is 1. The monoisotopic (exact) mass is 324 g/mol. The number of hydrogen-bond acceptors (Lipinski definition) is 3. The fourth-order valence-corrected chi connectivity index (χ4v) is 2.26. The highest BCUT2D eigenvalue weighted by Crippen LogP contribution is 2.26. The van der Waals surface area contributed by atoms with Gasteiger partial charge in [-0.1, -0.05) is 23.2 Å². The molecular formula is C14H10Cl2N2O3. The van der Waals surface area contributed by atoms with E-state index in [0.29, 0.717) is 11.4 Å². The van der Waals surface area contributed by atoms with Gasteiger partial charge in [-0.3, -0.25) is 4.79 Å². The Kier molecular flexibility index (Phi) is 4.35. The summed E-state index contributed by atoms with van der Waals surface area (Å²) in [6, 6.07) is 9.13. The highest BCUT2D eigenvalue weighted by atomic mass is 35.5. The predicted molar refractivity (Wildman–Crippen MR) is 81.7 cm³/mol. The molecule has 1 amide bonds. The minimum absolute atomic E-state index is 0.0179. The Balaban J connectivity index is 2.26. The molecule has 2 aromatic rings. The Labute approximate surface area is 130 Å². The van der Waals surface area contributed by atoms with Crippen molar-refractivity contribution in [3.63, 3.8) is 0 Å². The topological polar surface area (TPSA) is 92.4 Å². The second-order valence-corrected chi connectivity index (χ2v) is 5.00. The summed E-state index contributed by atoms with van der Waals surface area (Å²) in [5.74, 6) is -1.71. The number of carbonyl (C=O) groups is 2. The Morgan fingerprint density at radius 3 is 1.81 bits per heavy atom. The number of halogens is 2. The number of carbonyl (C=O) groups excluding carboxylic acids is 1. The lowest BCUT2D eigenvalue weighted by Crippen LogP contribution is -2.11. The van der Waals surface area contributed by atoms with E-state index in [4.69, 9.17) is 34.0 Å². The van der Waals surface area contributed by atoms with Crippen molar-refractivity contribution in [3.05, 3.63) is 57.6 Å². The second-order valence-electron chi connectivity index (χ2n) is 4.18. The zero-order valence-corrected chi connectivity index (χ0v) is 12.1. The summed E-state index contributed by atoms with van der Waals surface area (Å²) in [5.41, 5.74) is 6.61. The SMILES string of the molecule is NC(=O)c1ccc(Nc2ccc(C(=O)O)c(Cl)c2)cc1Cl. The van der Waals surface area contributed by atoms with Crippen LogP contribution < -0.4 is 11.1 Å². The van der Waals surface area contributed by atoms with Crippen molar-refractivity contribution < 1.29 is 14.7 Å². The number of primary amides is 1. The standard InChI is InChI=1S/C14H10Cl2N2O3/c15-11-5-7(1-3-9(11)13(17)19)18-8-2-4-10(14(20)21)12(16)6-8/h1-6,18H,(H2,17,19)(H,20,21). The van der Waals surface area contributed by atoms with Crippen LogP contribution in [0.2, 0.25) is 10.0 Å². The molecule has 0 unspecified atom stereocenters. The maximum atomic E-state index is 11.1. The molecule has 5 nitrogen and oxygen atoms in total. The lowest BCUT2D eigenvalue weighted by atomic mass is 10.1. The van der Waals surface area contributed by atoms with Crippen LogP contribution in [0.4, 0.5) is 11.4 Å². The van der Waals surface area contributed by atoms with E-state index in [2.05, 4.69) is 5.32 Å². The van der Waals surface area contributed by atoms with Crippen molar-refractivity contribution in [2.24, 2.45) is 5.73 Å². The first kappa shape index (κ1) is 15.2. The first-order valence-corrected chi connectivity index (χ1v) is 6.53. The van der Waals surface area contributed by atoms with Gasteiger partial charge in [-0.05, 0) is 36.4 Å². The number of carboxylic acid groups (broad SMARTS) is 1. The summed E-state index contributed by atoms with van der Waals surface area (Å²) in [4.78, 5) is 22.0. The van der Waals surface area contributed by atoms with Crippen LogP contribution in [0.3, 0.4) is 0 Å². The van der Waals surface area contributed by atoms with Crippen molar-refractivity contribution in [1.82, 2.24) is 0 Å². The third-order valence-electron chi connectivity index (χ3n) is 2.72. The van der Waals surface area contributed by atoms with Gasteiger partial charge in [0.2, 0.25) is 5.91 Å². The normalized spacial score (nSPS) is 10.2. The smallest absolute Gasteiger partial charge is 0.337 e. The van der Waals surface area contributed by atoms with Crippen LogP contribution in [0.15, 0.2) is 36.4 Å². The Hall–Kier alpha value is -2.24. The van der Waals surface area contributed by atoms with Crippen molar-refractivity contribution in [1.29, 1.82) is 0 Å². The third-order valence-corrected chi connectivity index (χ3v) is 3.35. The van der Waals surface area contributed by atoms with E-state index >= 15 is 0 Å². The van der Waals surface area contributed by atoms with Crippen LogP contribution in [-0.2, 0) is 0 Å². The zero-order chi connectivity index (χ0) is 15.6. The summed E-state index contributed by atoms with van der Waals surface area (Å²) in [5, 5.41) is 12.2. The predicted octanol–water partition coefficient (Wildman–Crippen LogP) is 3.53. The molecule has 0 aliphatic carbocycles. The average Bonchev–Trinajstić information content (AvgIpc) is 2.37. The van der Waals surface area contributed by atoms with E-state index in [1.807, 2.05) is 0 Å². The minimum Gasteiger partial charge on any atom is -0.478 e. The number of rotatable bonds is 4. The van der Waals surface area contributed by atoms with Crippen LogP contribution in [0.1, 0.15) is 20.7 Å². The van der Waals surface area contributed by atoms with Gasteiger partial charge in [0.1, 0.15) is 0 Å². The molecule has 0 aromatic heterocycles. The summed E-state index contributed by atoms with van der Waals surface area (Å²) in [6.07, 6.45) is 0. The lowest BCUT2D eigenvalue weighted by molar-refractivity contribution is 0.0697. The highest BCUT2D eigenvalue weighted by molar-refractivity contribution is 6.34. The quantitative estimate of drug-likeness (QED) is 0.802. The van der Waals surface area contributed by atoms with Gasteiger partial charge in [0.05, 0.1) is 21.2 Å². The molecule has 0 spiro atoms. The van der Waals surface area contributed by atoms with Gasteiger partial charge >= 0.3 is 5.97 Å². The molecule has 2 aromatic carbocycles. The molecule has 108 valence electrons. The third kappa shape index (κ3) is 3.45. The van der Waals surface area contributed by atoms with Gasteiger partial charge in [-0.2, -0.15) is 0 Å². The Morgan fingerprint density at radius 1 is 0.952 bits per heavy atom. The number of aromatic carboxylic acids is 1. The van der Waals surface area contributed by atoms with Gasteiger partial charge in [-0.25, -0.2) is 4.79 Å². The highest BCUT2D eigenvalue weighted by Gasteiger charge is 2.10. The molecule has 0 aliphatic rings. The van der Waals surface area contributed by atoms with E-state index < -0.39 is 11.9 Å². The first-order chi connectivity index (χ1) is 9.88. The van der Waals surface area contributed by atoms with E-state index in [0.717, 1.165) is 0 Å². The van der Waals surface area contributed by atoms with Gasteiger partial charge in [0.15, 0.2) is 0 Å². The number of nitrogens with two attached hydrogens (primary N) is 1. The fourth-order valence-electron chi connectivity index (χ4n) is 1.73. The molecule has 7 heteroatoms. The molecule has 0 aliphatic heterocycles. The lowest BCUT2D eigenvalue weighted by Gasteiger charge is -2.09. The molecule has 0 fully saturated rings. The van der Waals surface area contributed by atoms with Gasteiger partial charge in [0.25, 0.3) is 0 Å². The van der Waals surface area contributed by atoms with Crippen LogP contribution >= 0.6 is 23.2 Å². The van der Waals surface area contributed by atoms with Gasteiger partial charge in [0, 0.05) is 11.4 Å². The molecule has 4 N–H and O–H groups in total. The number of hydrogen-bond donors (Lipinski definition) is 3. The van der Waals surface area contributed by atoms with Crippen molar-refractivity contribution in [3.8, 4) is 0 Å². The molecule has 0 saturated heterocycles. The summed E-state index contributed by atoms with van der Waals surface area (Å²) >= 11 is 11.8. The molecule has 21 heavy (non-hydrogen) atoms. The average molecular weight is 325 g/mol. The summed E-state index contributed by atoms with van der Waals surface area (Å²) in [7, 11) is 0. The molecule has 0 bridgehead atoms. The molecule has 0 heterocycles. The van der Waals surface area contributed by atoms with E-state index in [9.17, 15) is 9.59 Å². The minimum atomic E-state index is -1.10. The second kappa shape index (κ2) is 6.03. The van der Waals surface area contributed by atoms with Gasteiger partial charge in [-0.15, -0.1) is 0 Å². The fraction of sp³-hybridized carbons (Fsp3) is 0. The summed E-state index contributed by atoms with van der Waals surface area (Å²) < 4.78 is 0. The van der Waals surface area contributed by atoms with Crippen molar-refractivity contribution in [2.75, 3.05) is 5.32 Å². The van der Waals surface area contributed by atoms with Crippen LogP contribution in [-0.4, -0.2) is 17.0 Å². The Bertz CT molecular complexity index is 671. The molecule has 0 saturated carbocycles. The molecule has 2 rings (SSSR count). The van der Waals surface area contributed by atoms with Gasteiger partial charge < -0.3 is 16.2 Å². The van der Waals surface area contributed by atoms with Crippen molar-refractivity contribution >= 4 is 46.5 Å². The summed E-state index contributed by atoms with van der Waals surface area (Å²) in [6.45, 7) is 0. The van der Waals surface area contributed by atoms with Crippen LogP contribution in [0.25, 0.3) is 0 Å². The number of carboxylic acids is 1. The van der Waals surface area contributed by atoms with Crippen molar-refractivity contribution in [2.45, 2.75) is 0 Å². The zero-order valence-electron chi connectivity index (χ0n) is 10.6. The maximum absolute atomic E-state index is 11.1. The van der Waals surface area contributed by atoms with E-state index in [-0.39, 0.29) is 21.2 Å². The van der Waals surface area contributed by atoms with Crippen LogP contribution in [0, 0.1) is 0 Å². The van der Waals surface area contributed by atoms with Crippen LogP contribution in [0.5, 0.6) is 0 Å². The molecular weight excluding hydrogens is 315 g/mol. The number of anilines is 2. The van der Waals surface area contributed by atoms with E-state index in [1.54, 1.807) is 18.2 Å². The molecule has 0 radical (unpaired) electrons. The number of amides is 1. The Morgan fingerprint density at radius 2 is 1.43 bits per heavy atom. The molecule has 0 atom stereocenters. The largest absolute Gasteiger partial charge is 0.478 e.